The third-order valence-corrected chi connectivity index (χ3v) is 4.95. The maximum absolute atomic E-state index is 12.8. The topological polar surface area (TPSA) is 106 Å². The van der Waals surface area contributed by atoms with Crippen molar-refractivity contribution in [2.75, 3.05) is 19.3 Å². The third-order valence-electron chi connectivity index (χ3n) is 3.87. The highest BCUT2D eigenvalue weighted by Crippen LogP contribution is 2.38. The summed E-state index contributed by atoms with van der Waals surface area (Å²) >= 11 is 1.14. The number of primary sulfonamides is 1. The van der Waals surface area contributed by atoms with E-state index in [-0.39, 0.29) is 17.2 Å². The summed E-state index contributed by atoms with van der Waals surface area (Å²) in [5, 5.41) is 7.85. The lowest BCUT2D eigenvalue weighted by Gasteiger charge is -2.26. The van der Waals surface area contributed by atoms with Crippen molar-refractivity contribution >= 4 is 27.3 Å². The van der Waals surface area contributed by atoms with E-state index in [1.54, 1.807) is 17.0 Å². The Morgan fingerprint density at radius 2 is 1.82 bits per heavy atom. The molecule has 28 heavy (non-hydrogen) atoms. The van der Waals surface area contributed by atoms with E-state index in [0.29, 0.717) is 9.75 Å². The summed E-state index contributed by atoms with van der Waals surface area (Å²) in [5.74, 6) is -1.16. The molecule has 3 rings (SSSR count). The standard InChI is InChI=1S/C15H15F3N2O2S.CH5NO2S/c1-9-12(19-22-13(9)15(16,17)18)10-5-6-11(23-10)14(21)20-7-3-2-4-8-20;1-5(2,3)4/h5-6H,2-4,7-8H2,1H3;1H3,(H2,2,3,4). The van der Waals surface area contributed by atoms with Gasteiger partial charge in [-0.1, -0.05) is 5.16 Å². The number of hydrogen-bond donors (Lipinski definition) is 1. The lowest BCUT2D eigenvalue weighted by atomic mass is 10.1. The van der Waals surface area contributed by atoms with Gasteiger partial charge in [-0.05, 0) is 38.3 Å². The zero-order valence-corrected chi connectivity index (χ0v) is 16.9. The summed E-state index contributed by atoms with van der Waals surface area (Å²) in [4.78, 5) is 15.2. The predicted molar refractivity (Wildman–Crippen MR) is 98.3 cm³/mol. The number of nitrogens with two attached hydrogens (primary N) is 1. The molecule has 156 valence electrons. The third kappa shape index (κ3) is 6.04. The molecule has 2 aromatic rings. The molecule has 0 bridgehead atoms. The van der Waals surface area contributed by atoms with E-state index in [2.05, 4.69) is 14.8 Å². The van der Waals surface area contributed by atoms with Gasteiger partial charge in [0.25, 0.3) is 5.91 Å². The number of amides is 1. The number of halogens is 3. The smallest absolute Gasteiger partial charge is 0.351 e. The number of thiophene rings is 1. The molecular weight excluding hydrogens is 419 g/mol. The molecule has 3 heterocycles. The number of carbonyl (C=O) groups is 1. The number of likely N-dealkylation sites (tertiary alicyclic amines) is 1. The van der Waals surface area contributed by atoms with Crippen LogP contribution in [-0.2, 0) is 16.2 Å². The van der Waals surface area contributed by atoms with Crippen LogP contribution in [0.4, 0.5) is 13.2 Å². The van der Waals surface area contributed by atoms with Gasteiger partial charge in [0.1, 0.15) is 5.69 Å². The molecule has 1 amide bonds. The summed E-state index contributed by atoms with van der Waals surface area (Å²) in [6.45, 7) is 2.78. The second kappa shape index (κ2) is 8.62. The number of hydrogen-bond acceptors (Lipinski definition) is 6. The van der Waals surface area contributed by atoms with E-state index in [1.165, 1.54) is 6.92 Å². The van der Waals surface area contributed by atoms with Crippen LogP contribution in [0, 0.1) is 6.92 Å². The SMILES string of the molecule is CS(N)(=O)=O.Cc1c(-c2ccc(C(=O)N3CCCCC3)s2)noc1C(F)(F)F. The average Bonchev–Trinajstić information content (AvgIpc) is 3.19. The molecule has 1 saturated heterocycles. The van der Waals surface area contributed by atoms with Crippen LogP contribution in [-0.4, -0.2) is 43.7 Å². The van der Waals surface area contributed by atoms with Crippen molar-refractivity contribution in [3.05, 3.63) is 28.3 Å². The van der Waals surface area contributed by atoms with Crippen LogP contribution in [0.2, 0.25) is 0 Å². The number of carbonyl (C=O) groups excluding carboxylic acids is 1. The molecular formula is C16H20F3N3O4S2. The summed E-state index contributed by atoms with van der Waals surface area (Å²) in [6, 6.07) is 3.26. The van der Waals surface area contributed by atoms with Crippen LogP contribution < -0.4 is 5.14 Å². The van der Waals surface area contributed by atoms with Crippen molar-refractivity contribution in [2.24, 2.45) is 5.14 Å². The molecule has 2 N–H and O–H groups in total. The Hall–Kier alpha value is -1.92. The van der Waals surface area contributed by atoms with Crippen molar-refractivity contribution in [1.82, 2.24) is 10.1 Å². The molecule has 7 nitrogen and oxygen atoms in total. The zero-order valence-electron chi connectivity index (χ0n) is 15.2. The van der Waals surface area contributed by atoms with E-state index in [4.69, 9.17) is 0 Å². The van der Waals surface area contributed by atoms with Crippen molar-refractivity contribution in [1.29, 1.82) is 0 Å². The fourth-order valence-electron chi connectivity index (χ4n) is 2.66. The summed E-state index contributed by atoms with van der Waals surface area (Å²) in [5.41, 5.74) is 0.0799. The largest absolute Gasteiger partial charge is 0.452 e. The molecule has 0 aliphatic carbocycles. The van der Waals surface area contributed by atoms with Gasteiger partial charge < -0.3 is 9.42 Å². The van der Waals surface area contributed by atoms with Gasteiger partial charge in [0.2, 0.25) is 15.8 Å². The van der Waals surface area contributed by atoms with E-state index >= 15 is 0 Å². The minimum Gasteiger partial charge on any atom is -0.351 e. The Morgan fingerprint density at radius 1 is 1.25 bits per heavy atom. The average molecular weight is 439 g/mol. The van der Waals surface area contributed by atoms with Crippen LogP contribution in [0.25, 0.3) is 10.6 Å². The molecule has 0 spiro atoms. The van der Waals surface area contributed by atoms with Gasteiger partial charge in [0, 0.05) is 18.7 Å². The maximum atomic E-state index is 12.8. The molecule has 0 unspecified atom stereocenters. The Labute approximate surface area is 164 Å². The number of piperidine rings is 1. The van der Waals surface area contributed by atoms with Crippen LogP contribution in [0.5, 0.6) is 0 Å². The molecule has 1 aliphatic heterocycles. The van der Waals surface area contributed by atoms with Gasteiger partial charge in [-0.3, -0.25) is 4.79 Å². The lowest BCUT2D eigenvalue weighted by molar-refractivity contribution is -0.156. The number of aromatic nitrogens is 1. The van der Waals surface area contributed by atoms with Gasteiger partial charge in [-0.25, -0.2) is 13.6 Å². The molecule has 0 radical (unpaired) electrons. The lowest BCUT2D eigenvalue weighted by Crippen LogP contribution is -2.35. The molecule has 0 aromatic carbocycles. The number of sulfonamides is 1. The van der Waals surface area contributed by atoms with Gasteiger partial charge in [0.15, 0.2) is 0 Å². The fraction of sp³-hybridized carbons (Fsp3) is 0.500. The minimum absolute atomic E-state index is 0.0590. The van der Waals surface area contributed by atoms with Gasteiger partial charge >= 0.3 is 6.18 Å². The van der Waals surface area contributed by atoms with E-state index in [0.717, 1.165) is 49.9 Å². The number of nitrogens with zero attached hydrogens (tertiary/aromatic N) is 2. The van der Waals surface area contributed by atoms with Gasteiger partial charge in [-0.2, -0.15) is 13.2 Å². The van der Waals surface area contributed by atoms with Crippen molar-refractivity contribution in [3.8, 4) is 10.6 Å². The first kappa shape index (κ1) is 22.4. The van der Waals surface area contributed by atoms with E-state index in [9.17, 15) is 26.4 Å². The van der Waals surface area contributed by atoms with Crippen molar-refractivity contribution in [2.45, 2.75) is 32.4 Å². The van der Waals surface area contributed by atoms with Crippen LogP contribution in [0.15, 0.2) is 16.7 Å². The molecule has 12 heteroatoms. The first-order valence-electron chi connectivity index (χ1n) is 8.28. The Balaban J connectivity index is 0.000000500. The highest BCUT2D eigenvalue weighted by atomic mass is 32.2. The Morgan fingerprint density at radius 3 is 2.32 bits per heavy atom. The fourth-order valence-corrected chi connectivity index (χ4v) is 3.68. The maximum Gasteiger partial charge on any atom is 0.452 e. The first-order chi connectivity index (χ1) is 12.9. The summed E-state index contributed by atoms with van der Waals surface area (Å²) in [7, 11) is -3.17. The number of alkyl halides is 3. The Kier molecular flexibility index (Phi) is 6.88. The summed E-state index contributed by atoms with van der Waals surface area (Å²) in [6.07, 6.45) is -0.535. The van der Waals surface area contributed by atoms with Gasteiger partial charge in [0.05, 0.1) is 16.0 Å². The molecule has 1 aliphatic rings. The summed E-state index contributed by atoms with van der Waals surface area (Å²) < 4.78 is 61.5. The van der Waals surface area contributed by atoms with Crippen molar-refractivity contribution < 1.29 is 30.9 Å². The van der Waals surface area contributed by atoms with Crippen LogP contribution >= 0.6 is 11.3 Å². The van der Waals surface area contributed by atoms with E-state index < -0.39 is 22.0 Å². The minimum atomic E-state index is -4.57. The first-order valence-corrected chi connectivity index (χ1v) is 11.1. The molecule has 0 saturated carbocycles. The zero-order chi connectivity index (χ0) is 21.1. The Bertz CT molecular complexity index is 921. The van der Waals surface area contributed by atoms with Crippen LogP contribution in [0.3, 0.4) is 0 Å². The highest BCUT2D eigenvalue weighted by molar-refractivity contribution is 7.88. The van der Waals surface area contributed by atoms with Gasteiger partial charge in [-0.15, -0.1) is 11.3 Å². The highest BCUT2D eigenvalue weighted by Gasteiger charge is 2.39. The quantitative estimate of drug-likeness (QED) is 0.773. The molecule has 0 atom stereocenters. The monoisotopic (exact) mass is 439 g/mol. The van der Waals surface area contributed by atoms with Crippen LogP contribution in [0.1, 0.15) is 40.3 Å². The normalized spacial score (nSPS) is 15.1. The number of rotatable bonds is 2. The second-order valence-corrected chi connectivity index (χ2v) is 9.07. The predicted octanol–water partition coefficient (Wildman–Crippen LogP) is 3.26. The van der Waals surface area contributed by atoms with E-state index in [1.807, 2.05) is 0 Å². The second-order valence-electron chi connectivity index (χ2n) is 6.33. The van der Waals surface area contributed by atoms with Crippen molar-refractivity contribution in [3.63, 3.8) is 0 Å². The molecule has 1 fully saturated rings. The molecule has 2 aromatic heterocycles.